The highest BCUT2D eigenvalue weighted by Crippen LogP contribution is 2.20. The van der Waals surface area contributed by atoms with Crippen LogP contribution in [0.4, 0.5) is 0 Å². The van der Waals surface area contributed by atoms with Gasteiger partial charge in [0.05, 0.1) is 12.5 Å². The Bertz CT molecular complexity index is 228. The van der Waals surface area contributed by atoms with Gasteiger partial charge in [-0.3, -0.25) is 9.59 Å². The minimum absolute atomic E-state index is 0.0784. The molecule has 0 saturated carbocycles. The number of hydrogen-bond donors (Lipinski definition) is 2. The molecule has 1 amide bonds. The molecule has 1 aliphatic heterocycles. The number of aliphatic hydroxyl groups excluding tert-OH is 1. The summed E-state index contributed by atoms with van der Waals surface area (Å²) in [5.74, 6) is -1.37. The van der Waals surface area contributed by atoms with Gasteiger partial charge >= 0.3 is 5.97 Å². The summed E-state index contributed by atoms with van der Waals surface area (Å²) in [5, 5.41) is 17.9. The van der Waals surface area contributed by atoms with Crippen LogP contribution in [0.5, 0.6) is 0 Å². The molecule has 0 radical (unpaired) electrons. The molecular formula is C8H13NO4. The zero-order valence-electron chi connectivity index (χ0n) is 7.43. The van der Waals surface area contributed by atoms with Crippen LogP contribution in [-0.2, 0) is 9.59 Å². The summed E-state index contributed by atoms with van der Waals surface area (Å²) >= 11 is 0. The lowest BCUT2D eigenvalue weighted by Crippen LogP contribution is -2.26. The molecule has 13 heavy (non-hydrogen) atoms. The van der Waals surface area contributed by atoms with Gasteiger partial charge < -0.3 is 15.1 Å². The maximum Gasteiger partial charge on any atom is 0.303 e. The number of nitrogens with zero attached hydrogens (tertiary/aromatic N) is 1. The van der Waals surface area contributed by atoms with Crippen molar-refractivity contribution in [1.82, 2.24) is 4.90 Å². The van der Waals surface area contributed by atoms with Gasteiger partial charge in [0.15, 0.2) is 0 Å². The summed E-state index contributed by atoms with van der Waals surface area (Å²) in [4.78, 5) is 22.7. The van der Waals surface area contributed by atoms with E-state index in [-0.39, 0.29) is 24.8 Å². The van der Waals surface area contributed by atoms with Crippen LogP contribution in [0.3, 0.4) is 0 Å². The molecule has 0 aromatic rings. The van der Waals surface area contributed by atoms with Gasteiger partial charge in [-0.05, 0) is 0 Å². The van der Waals surface area contributed by atoms with Gasteiger partial charge in [0.2, 0.25) is 5.91 Å². The number of β-amino-alcohol motifs (C(OH)–C–C–N with tert-alkyl or cyclic N) is 1. The molecule has 5 heteroatoms. The number of amides is 1. The van der Waals surface area contributed by atoms with E-state index in [0.717, 1.165) is 0 Å². The van der Waals surface area contributed by atoms with Gasteiger partial charge in [0.1, 0.15) is 0 Å². The third-order valence-electron chi connectivity index (χ3n) is 2.29. The smallest absolute Gasteiger partial charge is 0.303 e. The third kappa shape index (κ3) is 2.42. The van der Waals surface area contributed by atoms with Crippen LogP contribution < -0.4 is 0 Å². The molecule has 1 fully saturated rings. The van der Waals surface area contributed by atoms with Gasteiger partial charge in [-0.15, -0.1) is 0 Å². The number of aliphatic carboxylic acids is 1. The molecule has 74 valence electrons. The quantitative estimate of drug-likeness (QED) is 0.599. The largest absolute Gasteiger partial charge is 0.481 e. The second kappa shape index (κ2) is 3.74. The number of carboxylic acid groups (broad SMARTS) is 1. The highest BCUT2D eigenvalue weighted by molar-refractivity contribution is 5.74. The molecule has 0 aliphatic carbocycles. The van der Waals surface area contributed by atoms with E-state index in [0.29, 0.717) is 6.54 Å². The number of hydrogen-bond acceptors (Lipinski definition) is 3. The van der Waals surface area contributed by atoms with E-state index in [1.165, 1.54) is 11.8 Å². The van der Waals surface area contributed by atoms with E-state index >= 15 is 0 Å². The van der Waals surface area contributed by atoms with Crippen molar-refractivity contribution >= 4 is 11.9 Å². The van der Waals surface area contributed by atoms with Crippen LogP contribution in [0.1, 0.15) is 13.3 Å². The van der Waals surface area contributed by atoms with Crippen LogP contribution >= 0.6 is 0 Å². The van der Waals surface area contributed by atoms with E-state index in [9.17, 15) is 14.7 Å². The Morgan fingerprint density at radius 1 is 1.46 bits per heavy atom. The lowest BCUT2D eigenvalue weighted by molar-refractivity contribution is -0.139. The molecule has 1 aliphatic rings. The minimum atomic E-state index is -0.936. The van der Waals surface area contributed by atoms with Gasteiger partial charge in [-0.25, -0.2) is 0 Å². The van der Waals surface area contributed by atoms with Crippen molar-refractivity contribution in [3.05, 3.63) is 0 Å². The van der Waals surface area contributed by atoms with E-state index < -0.39 is 12.1 Å². The average molecular weight is 187 g/mol. The number of carbonyl (C=O) groups excluding carboxylic acids is 1. The molecule has 0 aromatic heterocycles. The topological polar surface area (TPSA) is 77.8 Å². The maximum absolute atomic E-state index is 10.9. The normalized spacial score (nSPS) is 27.7. The summed E-state index contributed by atoms with van der Waals surface area (Å²) in [7, 11) is 0. The van der Waals surface area contributed by atoms with Crippen molar-refractivity contribution in [2.45, 2.75) is 19.4 Å². The molecule has 0 spiro atoms. The second-order valence-electron chi connectivity index (χ2n) is 3.35. The molecule has 2 N–H and O–H groups in total. The summed E-state index contributed by atoms with van der Waals surface area (Å²) < 4.78 is 0. The predicted octanol–water partition coefficient (Wildman–Crippen LogP) is -0.700. The van der Waals surface area contributed by atoms with Gasteiger partial charge in [0, 0.05) is 25.9 Å². The Morgan fingerprint density at radius 2 is 2.08 bits per heavy atom. The molecule has 0 bridgehead atoms. The Hall–Kier alpha value is -1.10. The molecule has 1 rings (SSSR count). The van der Waals surface area contributed by atoms with Crippen molar-refractivity contribution in [3.63, 3.8) is 0 Å². The summed E-state index contributed by atoms with van der Waals surface area (Å²) in [6.07, 6.45) is -0.773. The minimum Gasteiger partial charge on any atom is -0.481 e. The monoisotopic (exact) mass is 187 g/mol. The molecular weight excluding hydrogens is 174 g/mol. The van der Waals surface area contributed by atoms with E-state index in [1.807, 2.05) is 0 Å². The molecule has 5 nitrogen and oxygen atoms in total. The first-order chi connectivity index (χ1) is 6.00. The van der Waals surface area contributed by atoms with Crippen molar-refractivity contribution in [3.8, 4) is 0 Å². The highest BCUT2D eigenvalue weighted by atomic mass is 16.4. The number of likely N-dealkylation sites (tertiary alicyclic amines) is 1. The molecule has 2 atom stereocenters. The fraction of sp³-hybridized carbons (Fsp3) is 0.750. The second-order valence-corrected chi connectivity index (χ2v) is 3.35. The number of aliphatic hydroxyl groups is 1. The number of carbonyl (C=O) groups is 2. The SMILES string of the molecule is CC(=O)N1C[C@@H](CC(=O)O)[C@H](O)C1. The molecule has 1 saturated heterocycles. The lowest BCUT2D eigenvalue weighted by Gasteiger charge is -2.11. The Balaban J connectivity index is 2.51. The molecule has 0 aromatic carbocycles. The lowest BCUT2D eigenvalue weighted by atomic mass is 10.0. The van der Waals surface area contributed by atoms with Crippen LogP contribution in [-0.4, -0.2) is 46.2 Å². The molecule has 1 heterocycles. The van der Waals surface area contributed by atoms with Gasteiger partial charge in [-0.1, -0.05) is 0 Å². The fourth-order valence-corrected chi connectivity index (χ4v) is 1.54. The Labute approximate surface area is 76.0 Å². The fourth-order valence-electron chi connectivity index (χ4n) is 1.54. The Morgan fingerprint density at radius 3 is 2.46 bits per heavy atom. The standard InChI is InChI=1S/C8H13NO4/c1-5(10)9-3-6(2-8(12)13)7(11)4-9/h6-7,11H,2-4H2,1H3,(H,12,13)/t6-,7-/m1/s1. The summed E-state index contributed by atoms with van der Waals surface area (Å²) in [5.41, 5.74) is 0. The van der Waals surface area contributed by atoms with Crippen molar-refractivity contribution in [2.24, 2.45) is 5.92 Å². The van der Waals surface area contributed by atoms with Crippen molar-refractivity contribution in [2.75, 3.05) is 13.1 Å². The van der Waals surface area contributed by atoms with E-state index in [2.05, 4.69) is 0 Å². The van der Waals surface area contributed by atoms with Crippen LogP contribution in [0.15, 0.2) is 0 Å². The maximum atomic E-state index is 10.9. The predicted molar refractivity (Wildman–Crippen MR) is 44.0 cm³/mol. The first-order valence-electron chi connectivity index (χ1n) is 4.16. The van der Waals surface area contributed by atoms with Gasteiger partial charge in [-0.2, -0.15) is 0 Å². The third-order valence-corrected chi connectivity index (χ3v) is 2.29. The van der Waals surface area contributed by atoms with Crippen molar-refractivity contribution in [1.29, 1.82) is 0 Å². The summed E-state index contributed by atoms with van der Waals surface area (Å²) in [6.45, 7) is 2.02. The van der Waals surface area contributed by atoms with Crippen LogP contribution in [0.25, 0.3) is 0 Å². The van der Waals surface area contributed by atoms with Crippen molar-refractivity contribution < 1.29 is 19.8 Å². The van der Waals surface area contributed by atoms with E-state index in [1.54, 1.807) is 0 Å². The van der Waals surface area contributed by atoms with Gasteiger partial charge in [0.25, 0.3) is 0 Å². The zero-order chi connectivity index (χ0) is 10.0. The first-order valence-corrected chi connectivity index (χ1v) is 4.16. The first kappa shape index (κ1) is 9.98. The van der Waals surface area contributed by atoms with E-state index in [4.69, 9.17) is 5.11 Å². The summed E-state index contributed by atoms with van der Waals surface area (Å²) in [6, 6.07) is 0. The van der Waals surface area contributed by atoms with Crippen LogP contribution in [0, 0.1) is 5.92 Å². The number of rotatable bonds is 2. The molecule has 0 unspecified atom stereocenters. The van der Waals surface area contributed by atoms with Crippen LogP contribution in [0.2, 0.25) is 0 Å². The number of carboxylic acids is 1. The average Bonchev–Trinajstić information content (AvgIpc) is 2.31. The zero-order valence-corrected chi connectivity index (χ0v) is 7.43. The Kier molecular flexibility index (Phi) is 2.87. The highest BCUT2D eigenvalue weighted by Gasteiger charge is 2.33.